The second kappa shape index (κ2) is 7.51. The lowest BCUT2D eigenvalue weighted by atomic mass is 9.84. The third-order valence-corrected chi connectivity index (χ3v) is 6.44. The van der Waals surface area contributed by atoms with Gasteiger partial charge in [-0.25, -0.2) is 0 Å². The number of rotatable bonds is 5. The average molecular weight is 390 g/mol. The van der Waals surface area contributed by atoms with Crippen LogP contribution in [0.5, 0.6) is 11.5 Å². The fourth-order valence-electron chi connectivity index (χ4n) is 4.66. The first-order valence-electron chi connectivity index (χ1n) is 10.7. The van der Waals surface area contributed by atoms with Crippen LogP contribution in [0.2, 0.25) is 0 Å². The van der Waals surface area contributed by atoms with E-state index in [-0.39, 0.29) is 17.7 Å². The fourth-order valence-corrected chi connectivity index (χ4v) is 4.66. The van der Waals surface area contributed by atoms with Gasteiger partial charge in [0.2, 0.25) is 0 Å². The summed E-state index contributed by atoms with van der Waals surface area (Å²) in [5, 5.41) is 10.7. The lowest BCUT2D eigenvalue weighted by Gasteiger charge is -2.46. The number of fused-ring (bicyclic) bond motifs is 3. The SMILES string of the molecule is COc1cc2c(cc1OCC1CC1C)CCN1CC(OC(C)(C)C)C(O)CC21. The van der Waals surface area contributed by atoms with Crippen molar-refractivity contribution in [1.29, 1.82) is 0 Å². The molecule has 5 heteroatoms. The van der Waals surface area contributed by atoms with E-state index in [4.69, 9.17) is 14.2 Å². The maximum atomic E-state index is 10.7. The zero-order valence-corrected chi connectivity index (χ0v) is 17.9. The van der Waals surface area contributed by atoms with Crippen LogP contribution in [-0.4, -0.2) is 54.6 Å². The number of methoxy groups -OCH3 is 1. The van der Waals surface area contributed by atoms with E-state index < -0.39 is 6.10 Å². The monoisotopic (exact) mass is 389 g/mol. The lowest BCUT2D eigenvalue weighted by molar-refractivity contribution is -0.149. The largest absolute Gasteiger partial charge is 0.493 e. The van der Waals surface area contributed by atoms with Crippen LogP contribution in [0, 0.1) is 11.8 Å². The van der Waals surface area contributed by atoms with Crippen molar-refractivity contribution in [1.82, 2.24) is 4.90 Å². The van der Waals surface area contributed by atoms with Crippen LogP contribution < -0.4 is 9.47 Å². The number of ether oxygens (including phenoxy) is 3. The summed E-state index contributed by atoms with van der Waals surface area (Å²) in [6.45, 7) is 10.9. The van der Waals surface area contributed by atoms with Gasteiger partial charge in [-0.05, 0) is 75.1 Å². The molecule has 0 radical (unpaired) electrons. The van der Waals surface area contributed by atoms with Crippen LogP contribution in [0.15, 0.2) is 12.1 Å². The minimum Gasteiger partial charge on any atom is -0.493 e. The van der Waals surface area contributed by atoms with Gasteiger partial charge in [0.05, 0.1) is 31.5 Å². The molecule has 0 aromatic heterocycles. The highest BCUT2D eigenvalue weighted by molar-refractivity contribution is 5.49. The van der Waals surface area contributed by atoms with E-state index in [9.17, 15) is 5.11 Å². The molecule has 1 aliphatic carbocycles. The summed E-state index contributed by atoms with van der Waals surface area (Å²) in [5.41, 5.74) is 2.34. The predicted octanol–water partition coefficient (Wildman–Crippen LogP) is 3.58. The highest BCUT2D eigenvalue weighted by Crippen LogP contribution is 2.44. The highest BCUT2D eigenvalue weighted by atomic mass is 16.5. The molecule has 1 aromatic carbocycles. The standard InChI is InChI=1S/C23H35NO4/c1-14-8-16(14)13-27-21-9-15-6-7-24-12-22(28-23(2,3)4)19(25)11-18(24)17(15)10-20(21)26-5/h9-10,14,16,18-19,22,25H,6-8,11-13H2,1-5H3. The van der Waals surface area contributed by atoms with E-state index in [2.05, 4.69) is 24.0 Å². The minimum absolute atomic E-state index is 0.136. The molecule has 3 aliphatic rings. The zero-order valence-electron chi connectivity index (χ0n) is 17.9. The van der Waals surface area contributed by atoms with Gasteiger partial charge in [0.1, 0.15) is 0 Å². The summed E-state index contributed by atoms with van der Waals surface area (Å²) in [7, 11) is 1.71. The van der Waals surface area contributed by atoms with E-state index >= 15 is 0 Å². The first-order valence-corrected chi connectivity index (χ1v) is 10.7. The summed E-state index contributed by atoms with van der Waals surface area (Å²) in [6.07, 6.45) is 2.36. The molecule has 28 heavy (non-hydrogen) atoms. The molecule has 0 amide bonds. The summed E-state index contributed by atoms with van der Waals surface area (Å²) in [4.78, 5) is 2.46. The molecule has 2 fully saturated rings. The predicted molar refractivity (Wildman–Crippen MR) is 109 cm³/mol. The summed E-state index contributed by atoms with van der Waals surface area (Å²) >= 11 is 0. The Bertz CT molecular complexity index is 713. The second-order valence-corrected chi connectivity index (χ2v) is 9.82. The maximum Gasteiger partial charge on any atom is 0.161 e. The Labute approximate surface area is 169 Å². The van der Waals surface area contributed by atoms with Gasteiger partial charge >= 0.3 is 0 Å². The number of aliphatic hydroxyl groups excluding tert-OH is 1. The van der Waals surface area contributed by atoms with Crippen LogP contribution in [0.4, 0.5) is 0 Å². The molecule has 5 unspecified atom stereocenters. The van der Waals surface area contributed by atoms with Gasteiger partial charge < -0.3 is 19.3 Å². The van der Waals surface area contributed by atoms with Gasteiger partial charge in [0.25, 0.3) is 0 Å². The average Bonchev–Trinajstić information content (AvgIpc) is 3.34. The van der Waals surface area contributed by atoms with E-state index in [1.807, 2.05) is 20.8 Å². The first-order chi connectivity index (χ1) is 13.2. The minimum atomic E-state index is -0.454. The normalized spacial score (nSPS) is 32.4. The second-order valence-electron chi connectivity index (χ2n) is 9.82. The smallest absolute Gasteiger partial charge is 0.161 e. The number of benzene rings is 1. The maximum absolute atomic E-state index is 10.7. The number of piperidine rings is 1. The van der Waals surface area contributed by atoms with Crippen LogP contribution in [0.25, 0.3) is 0 Å². The molecule has 5 nitrogen and oxygen atoms in total. The Morgan fingerprint density at radius 1 is 1.18 bits per heavy atom. The number of nitrogens with zero attached hydrogens (tertiary/aromatic N) is 1. The zero-order chi connectivity index (χ0) is 20.1. The van der Waals surface area contributed by atoms with Crippen molar-refractivity contribution in [3.05, 3.63) is 23.3 Å². The Balaban J connectivity index is 1.52. The van der Waals surface area contributed by atoms with Crippen molar-refractivity contribution in [3.8, 4) is 11.5 Å². The van der Waals surface area contributed by atoms with Gasteiger partial charge in [-0.1, -0.05) is 6.92 Å². The quantitative estimate of drug-likeness (QED) is 0.834. The summed E-state index contributed by atoms with van der Waals surface area (Å²) < 4.78 is 17.9. The van der Waals surface area contributed by atoms with E-state index in [1.54, 1.807) is 7.11 Å². The van der Waals surface area contributed by atoms with Gasteiger partial charge in [-0.15, -0.1) is 0 Å². The number of hydrogen-bond donors (Lipinski definition) is 1. The van der Waals surface area contributed by atoms with Crippen molar-refractivity contribution in [2.75, 3.05) is 26.8 Å². The number of hydrogen-bond acceptors (Lipinski definition) is 5. The van der Waals surface area contributed by atoms with Crippen LogP contribution in [-0.2, 0) is 11.2 Å². The van der Waals surface area contributed by atoms with Crippen molar-refractivity contribution >= 4 is 0 Å². The molecule has 2 aliphatic heterocycles. The Hall–Kier alpha value is -1.30. The van der Waals surface area contributed by atoms with Gasteiger partial charge in [0, 0.05) is 19.1 Å². The third kappa shape index (κ3) is 4.17. The summed E-state index contributed by atoms with van der Waals surface area (Å²) in [6, 6.07) is 4.52. The molecular formula is C23H35NO4. The third-order valence-electron chi connectivity index (χ3n) is 6.44. The fraction of sp³-hybridized carbons (Fsp3) is 0.739. The van der Waals surface area contributed by atoms with Crippen molar-refractivity contribution in [3.63, 3.8) is 0 Å². The lowest BCUT2D eigenvalue weighted by Crippen LogP contribution is -2.53. The molecule has 4 rings (SSSR count). The molecule has 2 heterocycles. The van der Waals surface area contributed by atoms with Crippen molar-refractivity contribution < 1.29 is 19.3 Å². The molecular weight excluding hydrogens is 354 g/mol. The molecule has 0 bridgehead atoms. The molecule has 1 saturated carbocycles. The van der Waals surface area contributed by atoms with Gasteiger partial charge in [-0.2, -0.15) is 0 Å². The van der Waals surface area contributed by atoms with Crippen LogP contribution in [0.3, 0.4) is 0 Å². The molecule has 1 N–H and O–H groups in total. The van der Waals surface area contributed by atoms with Crippen molar-refractivity contribution in [2.45, 2.75) is 70.8 Å². The van der Waals surface area contributed by atoms with E-state index in [0.29, 0.717) is 12.3 Å². The Morgan fingerprint density at radius 2 is 1.93 bits per heavy atom. The van der Waals surface area contributed by atoms with Gasteiger partial charge in [-0.3, -0.25) is 4.90 Å². The number of aliphatic hydroxyl groups is 1. The molecule has 1 saturated heterocycles. The molecule has 5 atom stereocenters. The topological polar surface area (TPSA) is 51.2 Å². The Morgan fingerprint density at radius 3 is 2.57 bits per heavy atom. The molecule has 156 valence electrons. The van der Waals surface area contributed by atoms with Crippen LogP contribution in [0.1, 0.15) is 57.7 Å². The molecule has 1 aromatic rings. The Kier molecular flexibility index (Phi) is 5.36. The van der Waals surface area contributed by atoms with Gasteiger partial charge in [0.15, 0.2) is 11.5 Å². The van der Waals surface area contributed by atoms with E-state index in [1.165, 1.54) is 17.5 Å². The van der Waals surface area contributed by atoms with E-state index in [0.717, 1.165) is 43.5 Å². The van der Waals surface area contributed by atoms with Crippen LogP contribution >= 0.6 is 0 Å². The summed E-state index contributed by atoms with van der Waals surface area (Å²) in [5.74, 6) is 3.13. The molecule has 0 spiro atoms. The highest BCUT2D eigenvalue weighted by Gasteiger charge is 2.40. The van der Waals surface area contributed by atoms with Crippen molar-refractivity contribution in [2.24, 2.45) is 11.8 Å². The first kappa shape index (κ1) is 20.0.